The third-order valence-corrected chi connectivity index (χ3v) is 5.53. The fourth-order valence-electron chi connectivity index (χ4n) is 4.05. The van der Waals surface area contributed by atoms with Crippen molar-refractivity contribution < 1.29 is 14.3 Å². The summed E-state index contributed by atoms with van der Waals surface area (Å²) in [7, 11) is 1.65. The molecule has 1 heterocycles. The first-order valence-electron chi connectivity index (χ1n) is 10.3. The molecule has 3 rings (SSSR count). The van der Waals surface area contributed by atoms with Crippen molar-refractivity contribution in [1.82, 2.24) is 10.2 Å². The third-order valence-electron chi connectivity index (χ3n) is 5.53. The molecule has 2 unspecified atom stereocenters. The number of carbonyl (C=O) groups is 2. The van der Waals surface area contributed by atoms with Gasteiger partial charge in [-0.2, -0.15) is 0 Å². The average Bonchev–Trinajstić information content (AvgIpc) is 3.00. The first kappa shape index (κ1) is 20.9. The number of nitrogens with zero attached hydrogens (tertiary/aromatic N) is 1. The Morgan fingerprint density at radius 3 is 2.45 bits per heavy atom. The van der Waals surface area contributed by atoms with Crippen LogP contribution in [-0.2, 0) is 9.59 Å². The maximum atomic E-state index is 13.4. The topological polar surface area (TPSA) is 58.6 Å². The summed E-state index contributed by atoms with van der Waals surface area (Å²) in [6, 6.07) is 17.5. The molecular formula is C24H30N2O3. The van der Waals surface area contributed by atoms with E-state index in [9.17, 15) is 9.59 Å². The van der Waals surface area contributed by atoms with Crippen molar-refractivity contribution >= 4 is 11.8 Å². The molecule has 0 saturated carbocycles. The number of carbonyl (C=O) groups excluding carboxylic acids is 2. The smallest absolute Gasteiger partial charge is 0.225 e. The molecule has 1 aliphatic heterocycles. The number of benzene rings is 2. The van der Waals surface area contributed by atoms with E-state index in [4.69, 9.17) is 4.74 Å². The minimum Gasteiger partial charge on any atom is -0.497 e. The van der Waals surface area contributed by atoms with Crippen LogP contribution in [-0.4, -0.2) is 30.4 Å². The van der Waals surface area contributed by atoms with Gasteiger partial charge in [0.25, 0.3) is 0 Å². The van der Waals surface area contributed by atoms with Crippen LogP contribution in [0.1, 0.15) is 62.2 Å². The second-order valence-electron chi connectivity index (χ2n) is 7.59. The van der Waals surface area contributed by atoms with E-state index in [1.54, 1.807) is 7.11 Å². The number of methoxy groups -OCH3 is 1. The van der Waals surface area contributed by atoms with Gasteiger partial charge in [0.15, 0.2) is 0 Å². The lowest BCUT2D eigenvalue weighted by atomic mass is 9.98. The van der Waals surface area contributed by atoms with Gasteiger partial charge in [-0.1, -0.05) is 55.3 Å². The molecule has 5 heteroatoms. The first-order valence-corrected chi connectivity index (χ1v) is 10.3. The molecule has 1 fully saturated rings. The van der Waals surface area contributed by atoms with Crippen LogP contribution in [0.15, 0.2) is 54.6 Å². The van der Waals surface area contributed by atoms with Crippen molar-refractivity contribution in [2.75, 3.05) is 13.7 Å². The lowest BCUT2D eigenvalue weighted by molar-refractivity contribution is -0.134. The zero-order chi connectivity index (χ0) is 20.6. The number of likely N-dealkylation sites (tertiary alicyclic amines) is 1. The van der Waals surface area contributed by atoms with Crippen LogP contribution in [0, 0.1) is 0 Å². The molecule has 2 amide bonds. The number of hydrogen-bond acceptors (Lipinski definition) is 3. The number of ether oxygens (including phenoxy) is 1. The summed E-state index contributed by atoms with van der Waals surface area (Å²) in [5.74, 6) is 0.764. The van der Waals surface area contributed by atoms with Gasteiger partial charge in [0.2, 0.25) is 11.8 Å². The summed E-state index contributed by atoms with van der Waals surface area (Å²) in [5, 5.41) is 2.95. The van der Waals surface area contributed by atoms with E-state index in [0.717, 1.165) is 49.1 Å². The fourth-order valence-corrected chi connectivity index (χ4v) is 4.05. The van der Waals surface area contributed by atoms with Gasteiger partial charge >= 0.3 is 0 Å². The van der Waals surface area contributed by atoms with E-state index in [2.05, 4.69) is 17.4 Å². The number of rotatable bonds is 6. The summed E-state index contributed by atoms with van der Waals surface area (Å²) in [4.78, 5) is 27.1. The van der Waals surface area contributed by atoms with Gasteiger partial charge in [-0.05, 0) is 36.1 Å². The van der Waals surface area contributed by atoms with E-state index >= 15 is 0 Å². The quantitative estimate of drug-likeness (QED) is 0.790. The monoisotopic (exact) mass is 394 g/mol. The van der Waals surface area contributed by atoms with Gasteiger partial charge in [0.05, 0.1) is 25.6 Å². The molecule has 0 bridgehead atoms. The number of hydrogen-bond donors (Lipinski definition) is 1. The fraction of sp³-hybridized carbons (Fsp3) is 0.417. The zero-order valence-electron chi connectivity index (χ0n) is 17.3. The maximum Gasteiger partial charge on any atom is 0.225 e. The highest BCUT2D eigenvalue weighted by molar-refractivity contribution is 5.79. The molecule has 2 aromatic carbocycles. The summed E-state index contributed by atoms with van der Waals surface area (Å²) < 4.78 is 5.27. The second-order valence-corrected chi connectivity index (χ2v) is 7.59. The minimum absolute atomic E-state index is 0.0599. The van der Waals surface area contributed by atoms with Gasteiger partial charge in [0.1, 0.15) is 5.75 Å². The average molecular weight is 395 g/mol. The van der Waals surface area contributed by atoms with E-state index in [1.807, 2.05) is 47.4 Å². The Bertz CT molecular complexity index is 805. The van der Waals surface area contributed by atoms with Crippen molar-refractivity contribution in [1.29, 1.82) is 0 Å². The predicted molar refractivity (Wildman–Crippen MR) is 114 cm³/mol. The van der Waals surface area contributed by atoms with Crippen LogP contribution in [0.2, 0.25) is 0 Å². The number of amides is 2. The summed E-state index contributed by atoms with van der Waals surface area (Å²) in [6.07, 6.45) is 4.46. The Balaban J connectivity index is 1.81. The van der Waals surface area contributed by atoms with Crippen LogP contribution in [0.3, 0.4) is 0 Å². The van der Waals surface area contributed by atoms with Crippen molar-refractivity contribution in [3.8, 4) is 5.75 Å². The SMILES string of the molecule is COc1ccc(C2CCCCCN2C(=O)CC(NC(C)=O)c2ccccc2)cc1. The number of nitrogens with one attached hydrogen (secondary N) is 1. The van der Waals surface area contributed by atoms with Gasteiger partial charge in [-0.3, -0.25) is 9.59 Å². The minimum atomic E-state index is -0.319. The summed E-state index contributed by atoms with van der Waals surface area (Å²) >= 11 is 0. The first-order chi connectivity index (χ1) is 14.1. The third kappa shape index (κ3) is 5.59. The molecule has 0 aliphatic carbocycles. The largest absolute Gasteiger partial charge is 0.497 e. The predicted octanol–water partition coefficient (Wildman–Crippen LogP) is 4.41. The highest BCUT2D eigenvalue weighted by Crippen LogP contribution is 2.32. The molecule has 2 atom stereocenters. The summed E-state index contributed by atoms with van der Waals surface area (Å²) in [5.41, 5.74) is 2.09. The zero-order valence-corrected chi connectivity index (χ0v) is 17.3. The molecule has 1 saturated heterocycles. The Morgan fingerprint density at radius 1 is 1.07 bits per heavy atom. The molecule has 5 nitrogen and oxygen atoms in total. The highest BCUT2D eigenvalue weighted by Gasteiger charge is 2.29. The molecule has 0 aromatic heterocycles. The Labute approximate surface area is 173 Å². The van der Waals surface area contributed by atoms with E-state index in [0.29, 0.717) is 0 Å². The van der Waals surface area contributed by atoms with Gasteiger partial charge in [-0.25, -0.2) is 0 Å². The molecular weight excluding hydrogens is 364 g/mol. The Hall–Kier alpha value is -2.82. The van der Waals surface area contributed by atoms with Crippen LogP contribution in [0.5, 0.6) is 5.75 Å². The van der Waals surface area contributed by atoms with Crippen molar-refractivity contribution in [2.45, 2.75) is 51.1 Å². The standard InChI is InChI=1S/C24H30N2O3/c1-18(27)25-22(19-9-5-3-6-10-19)17-24(28)26-16-8-4-7-11-23(26)20-12-14-21(29-2)15-13-20/h3,5-6,9-10,12-15,22-23H,4,7-8,11,16-17H2,1-2H3,(H,25,27). The molecule has 2 aromatic rings. The van der Waals surface area contributed by atoms with Crippen molar-refractivity contribution in [2.24, 2.45) is 0 Å². The van der Waals surface area contributed by atoms with Gasteiger partial charge in [0, 0.05) is 13.5 Å². The maximum absolute atomic E-state index is 13.4. The van der Waals surface area contributed by atoms with E-state index in [-0.39, 0.29) is 30.3 Å². The summed E-state index contributed by atoms with van der Waals surface area (Å²) in [6.45, 7) is 2.24. The lowest BCUT2D eigenvalue weighted by Crippen LogP contribution is -2.38. The van der Waals surface area contributed by atoms with Crippen LogP contribution < -0.4 is 10.1 Å². The molecule has 0 spiro atoms. The molecule has 29 heavy (non-hydrogen) atoms. The molecule has 1 aliphatic rings. The highest BCUT2D eigenvalue weighted by atomic mass is 16.5. The van der Waals surface area contributed by atoms with Crippen LogP contribution in [0.25, 0.3) is 0 Å². The van der Waals surface area contributed by atoms with Gasteiger partial charge < -0.3 is 15.0 Å². The molecule has 0 radical (unpaired) electrons. The van der Waals surface area contributed by atoms with Crippen molar-refractivity contribution in [3.63, 3.8) is 0 Å². The molecule has 154 valence electrons. The normalized spacial score (nSPS) is 17.9. The lowest BCUT2D eigenvalue weighted by Gasteiger charge is -2.32. The molecule has 1 N–H and O–H groups in total. The van der Waals surface area contributed by atoms with E-state index in [1.165, 1.54) is 6.92 Å². The van der Waals surface area contributed by atoms with Gasteiger partial charge in [-0.15, -0.1) is 0 Å². The van der Waals surface area contributed by atoms with Crippen LogP contribution in [0.4, 0.5) is 0 Å². The second kappa shape index (κ2) is 10.1. The van der Waals surface area contributed by atoms with E-state index < -0.39 is 0 Å². The Kier molecular flexibility index (Phi) is 7.28. The van der Waals surface area contributed by atoms with Crippen molar-refractivity contribution in [3.05, 3.63) is 65.7 Å². The van der Waals surface area contributed by atoms with Crippen LogP contribution >= 0.6 is 0 Å². The Morgan fingerprint density at radius 2 is 1.79 bits per heavy atom.